The molecule has 1 atom stereocenters. The van der Waals surface area contributed by atoms with Gasteiger partial charge in [-0.3, -0.25) is 9.78 Å². The summed E-state index contributed by atoms with van der Waals surface area (Å²) in [7, 11) is 0. The van der Waals surface area contributed by atoms with E-state index in [1.807, 2.05) is 30.5 Å². The molecule has 0 saturated carbocycles. The van der Waals surface area contributed by atoms with E-state index in [2.05, 4.69) is 29.5 Å². The molecule has 0 bridgehead atoms. The van der Waals surface area contributed by atoms with Gasteiger partial charge in [-0.15, -0.1) is 24.8 Å². The fourth-order valence-corrected chi connectivity index (χ4v) is 3.07. The second-order valence-corrected chi connectivity index (χ2v) is 6.66. The molecule has 0 aromatic carbocycles. The zero-order chi connectivity index (χ0) is 16.1. The number of thiophene rings is 1. The fraction of sp³-hybridized carbons (Fsp3) is 0.412. The van der Waals surface area contributed by atoms with Crippen LogP contribution in [0.25, 0.3) is 11.3 Å². The minimum Gasteiger partial charge on any atom is -0.348 e. The lowest BCUT2D eigenvalue weighted by Crippen LogP contribution is -2.41. The van der Waals surface area contributed by atoms with Crippen molar-refractivity contribution in [3.63, 3.8) is 0 Å². The molecule has 24 heavy (non-hydrogen) atoms. The summed E-state index contributed by atoms with van der Waals surface area (Å²) >= 11 is 1.63. The molecule has 0 fully saturated rings. The van der Waals surface area contributed by atoms with Gasteiger partial charge in [0.1, 0.15) is 0 Å². The summed E-state index contributed by atoms with van der Waals surface area (Å²) < 4.78 is 0. The predicted octanol–water partition coefficient (Wildman–Crippen LogP) is 4.07. The molecule has 2 rings (SSSR count). The molecular weight excluding hydrogens is 365 g/mol. The van der Waals surface area contributed by atoms with E-state index in [0.29, 0.717) is 18.0 Å². The third kappa shape index (κ3) is 6.06. The Bertz CT molecular complexity index is 633. The third-order valence-electron chi connectivity index (χ3n) is 3.52. The number of amides is 1. The largest absolute Gasteiger partial charge is 0.348 e. The molecule has 134 valence electrons. The van der Waals surface area contributed by atoms with Crippen LogP contribution in [0.1, 0.15) is 36.3 Å². The Hall–Kier alpha value is -1.14. The van der Waals surface area contributed by atoms with E-state index < -0.39 is 0 Å². The number of hydrogen-bond donors (Lipinski definition) is 2. The Kier molecular flexibility index (Phi) is 10.2. The van der Waals surface area contributed by atoms with E-state index in [0.717, 1.165) is 23.4 Å². The summed E-state index contributed by atoms with van der Waals surface area (Å²) in [5.74, 6) is 0.395. The van der Waals surface area contributed by atoms with Gasteiger partial charge in [0.25, 0.3) is 5.91 Å². The van der Waals surface area contributed by atoms with Crippen LogP contribution in [0.15, 0.2) is 29.0 Å². The molecule has 0 aliphatic heterocycles. The lowest BCUT2D eigenvalue weighted by Gasteiger charge is -2.19. The molecule has 2 heterocycles. The SMILES string of the molecule is Cc1nc(-c2ccsc2)ccc1C(=O)NC(CN)CC(C)C.Cl.Cl. The molecule has 2 aromatic rings. The quantitative estimate of drug-likeness (QED) is 0.782. The first-order valence-electron chi connectivity index (χ1n) is 7.52. The molecule has 7 heteroatoms. The normalized spacial score (nSPS) is 11.4. The molecule has 0 saturated heterocycles. The standard InChI is InChI=1S/C17H23N3OS.2ClH/c1-11(2)8-14(9-18)20-17(21)15-4-5-16(19-12(15)3)13-6-7-22-10-13;;/h4-7,10-11,14H,8-9,18H2,1-3H3,(H,20,21);2*1H. The number of hydrogen-bond acceptors (Lipinski definition) is 4. The topological polar surface area (TPSA) is 68.0 Å². The van der Waals surface area contributed by atoms with Gasteiger partial charge in [0.05, 0.1) is 17.0 Å². The van der Waals surface area contributed by atoms with Gasteiger partial charge in [-0.05, 0) is 42.8 Å². The van der Waals surface area contributed by atoms with Crippen molar-refractivity contribution in [1.29, 1.82) is 0 Å². The highest BCUT2D eigenvalue weighted by atomic mass is 35.5. The molecule has 1 amide bonds. The van der Waals surface area contributed by atoms with Crippen LogP contribution in [0.3, 0.4) is 0 Å². The van der Waals surface area contributed by atoms with Gasteiger partial charge in [-0.1, -0.05) is 13.8 Å². The van der Waals surface area contributed by atoms with E-state index in [1.165, 1.54) is 0 Å². The van der Waals surface area contributed by atoms with Crippen LogP contribution < -0.4 is 11.1 Å². The molecule has 0 spiro atoms. The Morgan fingerprint density at radius 1 is 1.29 bits per heavy atom. The molecule has 0 aliphatic rings. The fourth-order valence-electron chi connectivity index (χ4n) is 2.42. The van der Waals surface area contributed by atoms with Gasteiger partial charge < -0.3 is 11.1 Å². The van der Waals surface area contributed by atoms with Crippen molar-refractivity contribution in [2.75, 3.05) is 6.54 Å². The van der Waals surface area contributed by atoms with Crippen molar-refractivity contribution >= 4 is 42.1 Å². The first-order chi connectivity index (χ1) is 10.5. The number of aryl methyl sites for hydroxylation is 1. The summed E-state index contributed by atoms with van der Waals surface area (Å²) in [4.78, 5) is 17.0. The van der Waals surface area contributed by atoms with Crippen LogP contribution in [0.5, 0.6) is 0 Å². The number of carbonyl (C=O) groups is 1. The summed E-state index contributed by atoms with van der Waals surface area (Å²) in [5.41, 5.74) is 9.07. The van der Waals surface area contributed by atoms with Gasteiger partial charge in [0.2, 0.25) is 0 Å². The zero-order valence-corrected chi connectivity index (χ0v) is 16.6. The molecular formula is C17H25Cl2N3OS. The number of rotatable bonds is 6. The summed E-state index contributed by atoms with van der Waals surface area (Å²) in [6.45, 7) is 6.56. The number of nitrogens with two attached hydrogens (primary N) is 1. The third-order valence-corrected chi connectivity index (χ3v) is 4.21. The lowest BCUT2D eigenvalue weighted by molar-refractivity contribution is 0.0932. The Morgan fingerprint density at radius 2 is 2.00 bits per heavy atom. The van der Waals surface area contributed by atoms with Crippen LogP contribution >= 0.6 is 36.2 Å². The summed E-state index contributed by atoms with van der Waals surface area (Å²) in [5, 5.41) is 7.08. The highest BCUT2D eigenvalue weighted by Crippen LogP contribution is 2.21. The molecule has 4 nitrogen and oxygen atoms in total. The molecule has 0 aliphatic carbocycles. The molecule has 1 unspecified atom stereocenters. The number of aromatic nitrogens is 1. The smallest absolute Gasteiger partial charge is 0.253 e. The average Bonchev–Trinajstić information content (AvgIpc) is 2.99. The highest BCUT2D eigenvalue weighted by Gasteiger charge is 2.16. The molecule has 2 aromatic heterocycles. The van der Waals surface area contributed by atoms with Crippen LogP contribution in [0.2, 0.25) is 0 Å². The van der Waals surface area contributed by atoms with Crippen molar-refractivity contribution in [3.8, 4) is 11.3 Å². The van der Waals surface area contributed by atoms with Gasteiger partial charge in [0.15, 0.2) is 0 Å². The van der Waals surface area contributed by atoms with Crippen LogP contribution in [0, 0.1) is 12.8 Å². The first-order valence-corrected chi connectivity index (χ1v) is 8.46. The van der Waals surface area contributed by atoms with E-state index >= 15 is 0 Å². The summed E-state index contributed by atoms with van der Waals surface area (Å²) in [6, 6.07) is 5.76. The second-order valence-electron chi connectivity index (χ2n) is 5.88. The van der Waals surface area contributed by atoms with Crippen molar-refractivity contribution in [1.82, 2.24) is 10.3 Å². The number of nitrogens with zero attached hydrogens (tertiary/aromatic N) is 1. The Morgan fingerprint density at radius 3 is 2.50 bits per heavy atom. The van der Waals surface area contributed by atoms with Gasteiger partial charge >= 0.3 is 0 Å². The van der Waals surface area contributed by atoms with Gasteiger partial charge in [0, 0.05) is 23.5 Å². The Balaban J connectivity index is 0.00000264. The number of pyridine rings is 1. The van der Waals surface area contributed by atoms with Crippen LogP contribution in [0.4, 0.5) is 0 Å². The minimum absolute atomic E-state index is 0. The number of carbonyl (C=O) groups excluding carboxylic acids is 1. The van der Waals surface area contributed by atoms with Gasteiger partial charge in [-0.2, -0.15) is 11.3 Å². The van der Waals surface area contributed by atoms with E-state index in [-0.39, 0.29) is 36.8 Å². The van der Waals surface area contributed by atoms with Gasteiger partial charge in [-0.25, -0.2) is 0 Å². The molecule has 0 radical (unpaired) electrons. The zero-order valence-electron chi connectivity index (χ0n) is 14.1. The average molecular weight is 390 g/mol. The van der Waals surface area contributed by atoms with Crippen molar-refractivity contribution < 1.29 is 4.79 Å². The highest BCUT2D eigenvalue weighted by molar-refractivity contribution is 7.08. The molecule has 3 N–H and O–H groups in total. The summed E-state index contributed by atoms with van der Waals surface area (Å²) in [6.07, 6.45) is 0.877. The Labute approximate surface area is 160 Å². The second kappa shape index (κ2) is 10.7. The monoisotopic (exact) mass is 389 g/mol. The van der Waals surface area contributed by atoms with E-state index in [9.17, 15) is 4.79 Å². The predicted molar refractivity (Wildman–Crippen MR) is 107 cm³/mol. The number of nitrogens with one attached hydrogen (secondary N) is 1. The maximum absolute atomic E-state index is 12.4. The minimum atomic E-state index is -0.0991. The number of halogens is 2. The van der Waals surface area contributed by atoms with Crippen molar-refractivity contribution in [2.24, 2.45) is 11.7 Å². The first kappa shape index (κ1) is 22.9. The van der Waals surface area contributed by atoms with Crippen LogP contribution in [-0.2, 0) is 0 Å². The lowest BCUT2D eigenvalue weighted by atomic mass is 10.0. The van der Waals surface area contributed by atoms with Crippen LogP contribution in [-0.4, -0.2) is 23.5 Å². The maximum atomic E-state index is 12.4. The van der Waals surface area contributed by atoms with E-state index in [4.69, 9.17) is 5.73 Å². The van der Waals surface area contributed by atoms with Crippen molar-refractivity contribution in [2.45, 2.75) is 33.2 Å². The van der Waals surface area contributed by atoms with Crippen molar-refractivity contribution in [3.05, 3.63) is 40.2 Å². The van der Waals surface area contributed by atoms with E-state index in [1.54, 1.807) is 11.3 Å². The maximum Gasteiger partial charge on any atom is 0.253 e.